The molecule has 0 unspecified atom stereocenters. The van der Waals surface area contributed by atoms with Gasteiger partial charge in [0.2, 0.25) is 15.7 Å². The lowest BCUT2D eigenvalue weighted by atomic mass is 10.2. The molecule has 0 fully saturated rings. The third kappa shape index (κ3) is 4.34. The van der Waals surface area contributed by atoms with E-state index in [0.29, 0.717) is 17.4 Å². The van der Waals surface area contributed by atoms with E-state index in [4.69, 9.17) is 0 Å². The number of carbonyl (C=O) groups excluding carboxylic acids is 1. The van der Waals surface area contributed by atoms with E-state index in [0.717, 1.165) is 16.2 Å². The van der Waals surface area contributed by atoms with Crippen molar-refractivity contribution in [2.24, 2.45) is 0 Å². The molecule has 0 aliphatic rings. The van der Waals surface area contributed by atoms with Crippen molar-refractivity contribution in [1.29, 1.82) is 0 Å². The summed E-state index contributed by atoms with van der Waals surface area (Å²) in [7, 11) is -3.70. The van der Waals surface area contributed by atoms with Gasteiger partial charge in [0.05, 0.1) is 9.79 Å². The van der Waals surface area contributed by atoms with Crippen LogP contribution in [-0.2, 0) is 21.2 Å². The minimum atomic E-state index is -3.70. The number of aromatic amines is 1. The van der Waals surface area contributed by atoms with Crippen LogP contribution in [0.15, 0.2) is 106 Å². The van der Waals surface area contributed by atoms with E-state index in [-0.39, 0.29) is 22.2 Å². The summed E-state index contributed by atoms with van der Waals surface area (Å²) in [6.07, 6.45) is 3.55. The summed E-state index contributed by atoms with van der Waals surface area (Å²) in [4.78, 5) is 17.5. The molecule has 1 amide bonds. The number of nitrogens with zero attached hydrogens (tertiary/aromatic N) is 1. The Bertz CT molecular complexity index is 1570. The number of nitrogens with one attached hydrogen (secondary N) is 2. The molecule has 2 aromatic heterocycles. The number of para-hydroxylation sites is 2. The molecule has 0 saturated heterocycles. The van der Waals surface area contributed by atoms with Crippen LogP contribution in [0.4, 0.5) is 0 Å². The third-order valence-corrected chi connectivity index (χ3v) is 8.50. The summed E-state index contributed by atoms with van der Waals surface area (Å²) >= 11 is 1.68. The summed E-state index contributed by atoms with van der Waals surface area (Å²) in [6.45, 7) is 0.556. The van der Waals surface area contributed by atoms with E-state index in [1.807, 2.05) is 36.5 Å². The number of fused-ring (bicyclic) bond motifs is 2. The minimum absolute atomic E-state index is 0.0442. The Balaban J connectivity index is 1.28. The molecule has 0 aliphatic carbocycles. The normalized spacial score (nSPS) is 11.8. The first-order chi connectivity index (χ1) is 16.5. The van der Waals surface area contributed by atoms with Gasteiger partial charge in [0, 0.05) is 51.4 Å². The highest BCUT2D eigenvalue weighted by Crippen LogP contribution is 2.30. The maximum absolute atomic E-state index is 13.2. The van der Waals surface area contributed by atoms with Crippen LogP contribution in [0.1, 0.15) is 0 Å². The Labute approximate surface area is 201 Å². The summed E-state index contributed by atoms with van der Waals surface area (Å²) in [5, 5.41) is 4.72. The number of benzene rings is 3. The topological polar surface area (TPSA) is 84.0 Å². The fourth-order valence-corrected chi connectivity index (χ4v) is 6.41. The third-order valence-electron chi connectivity index (χ3n) is 5.64. The number of aromatic nitrogens is 2. The van der Waals surface area contributed by atoms with Crippen molar-refractivity contribution in [3.63, 3.8) is 0 Å². The van der Waals surface area contributed by atoms with Gasteiger partial charge in [-0.3, -0.25) is 4.79 Å². The van der Waals surface area contributed by atoms with Gasteiger partial charge in [-0.1, -0.05) is 54.6 Å². The quantitative estimate of drug-likeness (QED) is 0.241. The molecule has 0 aliphatic heterocycles. The Morgan fingerprint density at radius 2 is 1.62 bits per heavy atom. The second kappa shape index (κ2) is 9.40. The highest BCUT2D eigenvalue weighted by molar-refractivity contribution is 7.99. The molecular formula is C26H23N3O3S2. The molecule has 6 nitrogen and oxygen atoms in total. The molecular weight excluding hydrogens is 466 g/mol. The van der Waals surface area contributed by atoms with Crippen molar-refractivity contribution in [2.75, 3.05) is 12.3 Å². The zero-order valence-corrected chi connectivity index (χ0v) is 19.9. The van der Waals surface area contributed by atoms with E-state index in [1.165, 1.54) is 5.39 Å². The Morgan fingerprint density at radius 3 is 2.44 bits per heavy atom. The molecule has 0 saturated carbocycles. The van der Waals surface area contributed by atoms with Crippen molar-refractivity contribution in [3.05, 3.63) is 91.3 Å². The number of hydrogen-bond donors (Lipinski definition) is 2. The molecule has 0 radical (unpaired) electrons. The van der Waals surface area contributed by atoms with E-state index in [9.17, 15) is 13.2 Å². The highest BCUT2D eigenvalue weighted by atomic mass is 32.2. The first-order valence-corrected chi connectivity index (χ1v) is 13.3. The fourth-order valence-electron chi connectivity index (χ4n) is 4.01. The zero-order valence-electron chi connectivity index (χ0n) is 18.3. The molecule has 0 bridgehead atoms. The second-order valence-corrected chi connectivity index (χ2v) is 10.9. The van der Waals surface area contributed by atoms with Gasteiger partial charge < -0.3 is 14.9 Å². The molecule has 2 heterocycles. The van der Waals surface area contributed by atoms with E-state index in [2.05, 4.69) is 16.4 Å². The van der Waals surface area contributed by atoms with Crippen molar-refractivity contribution in [3.8, 4) is 0 Å². The first kappa shape index (κ1) is 22.3. The van der Waals surface area contributed by atoms with Gasteiger partial charge in [0.15, 0.2) is 0 Å². The summed E-state index contributed by atoms with van der Waals surface area (Å²) in [5.74, 6) is 0.567. The summed E-state index contributed by atoms with van der Waals surface area (Å²) in [5.41, 5.74) is 1.80. The largest absolute Gasteiger partial charge is 0.360 e. The van der Waals surface area contributed by atoms with Crippen LogP contribution < -0.4 is 5.32 Å². The average Bonchev–Trinajstić information content (AvgIpc) is 3.45. The predicted octanol–water partition coefficient (Wildman–Crippen LogP) is 4.86. The van der Waals surface area contributed by atoms with Crippen LogP contribution in [0.25, 0.3) is 21.8 Å². The number of H-pyrrole nitrogens is 1. The van der Waals surface area contributed by atoms with Crippen LogP contribution in [0.5, 0.6) is 0 Å². The smallest absolute Gasteiger partial charge is 0.239 e. The van der Waals surface area contributed by atoms with Crippen molar-refractivity contribution < 1.29 is 13.2 Å². The average molecular weight is 490 g/mol. The van der Waals surface area contributed by atoms with Crippen LogP contribution in [0, 0.1) is 0 Å². The maximum Gasteiger partial charge on any atom is 0.239 e. The van der Waals surface area contributed by atoms with Gasteiger partial charge in [-0.15, -0.1) is 11.8 Å². The first-order valence-electron chi connectivity index (χ1n) is 10.9. The summed E-state index contributed by atoms with van der Waals surface area (Å²) < 4.78 is 28.2. The van der Waals surface area contributed by atoms with Gasteiger partial charge in [0.25, 0.3) is 0 Å². The molecule has 5 rings (SSSR count). The molecule has 8 heteroatoms. The summed E-state index contributed by atoms with van der Waals surface area (Å²) in [6, 6.07) is 23.7. The minimum Gasteiger partial charge on any atom is -0.360 e. The Hall–Kier alpha value is -3.49. The van der Waals surface area contributed by atoms with Crippen LogP contribution in [0.3, 0.4) is 0 Å². The monoisotopic (exact) mass is 489 g/mol. The number of hydrogen-bond acceptors (Lipinski definition) is 4. The lowest BCUT2D eigenvalue weighted by Crippen LogP contribution is -2.29. The standard InChI is InChI=1S/C26H23N3O3S2/c30-26(27-14-15-33-24-16-28-22-12-6-4-10-20(22)24)18-29-17-25(21-11-5-7-13-23(21)29)34(31,32)19-8-2-1-3-9-19/h1-13,16-17,28H,14-15,18H2,(H,27,30). The van der Waals surface area contributed by atoms with Gasteiger partial charge in [0.1, 0.15) is 6.54 Å². The fraction of sp³-hybridized carbons (Fsp3) is 0.115. The molecule has 2 N–H and O–H groups in total. The number of thioether (sulfide) groups is 1. The molecule has 3 aromatic carbocycles. The molecule has 0 spiro atoms. The van der Waals surface area contributed by atoms with Crippen LogP contribution >= 0.6 is 11.8 Å². The van der Waals surface area contributed by atoms with Gasteiger partial charge in [-0.2, -0.15) is 0 Å². The lowest BCUT2D eigenvalue weighted by molar-refractivity contribution is -0.121. The van der Waals surface area contributed by atoms with E-state index >= 15 is 0 Å². The highest BCUT2D eigenvalue weighted by Gasteiger charge is 2.23. The zero-order chi connectivity index (χ0) is 23.5. The number of rotatable bonds is 8. The van der Waals surface area contributed by atoms with E-state index < -0.39 is 9.84 Å². The van der Waals surface area contributed by atoms with Gasteiger partial charge >= 0.3 is 0 Å². The van der Waals surface area contributed by atoms with Crippen LogP contribution in [0.2, 0.25) is 0 Å². The molecule has 0 atom stereocenters. The van der Waals surface area contributed by atoms with Crippen molar-refractivity contribution >= 4 is 49.3 Å². The SMILES string of the molecule is O=C(Cn1cc(S(=O)(=O)c2ccccc2)c2ccccc21)NCCSc1c[nH]c2ccccc12. The molecule has 5 aromatic rings. The number of sulfone groups is 1. The van der Waals surface area contributed by atoms with Gasteiger partial charge in [-0.05, 0) is 24.3 Å². The predicted molar refractivity (Wildman–Crippen MR) is 136 cm³/mol. The number of carbonyl (C=O) groups is 1. The Kier molecular flexibility index (Phi) is 6.17. The van der Waals surface area contributed by atoms with Crippen LogP contribution in [-0.4, -0.2) is 36.2 Å². The lowest BCUT2D eigenvalue weighted by Gasteiger charge is -2.07. The Morgan fingerprint density at radius 1 is 0.912 bits per heavy atom. The maximum atomic E-state index is 13.2. The van der Waals surface area contributed by atoms with Crippen molar-refractivity contribution in [1.82, 2.24) is 14.9 Å². The van der Waals surface area contributed by atoms with E-state index in [1.54, 1.807) is 65.0 Å². The molecule has 172 valence electrons. The molecule has 34 heavy (non-hydrogen) atoms. The van der Waals surface area contributed by atoms with Crippen molar-refractivity contribution in [2.45, 2.75) is 21.2 Å². The number of amides is 1. The second-order valence-electron chi connectivity index (χ2n) is 7.85. The van der Waals surface area contributed by atoms with Gasteiger partial charge in [-0.25, -0.2) is 8.42 Å².